The first-order valence-electron chi connectivity index (χ1n) is 9.66. The smallest absolute Gasteiger partial charge is 0.205 e. The number of nitrogens with two attached hydrogens (primary N) is 1. The highest BCUT2D eigenvalue weighted by molar-refractivity contribution is 5.62. The molecule has 4 heteroatoms. The lowest BCUT2D eigenvalue weighted by atomic mass is 9.80. The molecule has 0 spiro atoms. The van der Waals surface area contributed by atoms with Gasteiger partial charge in [0.25, 0.3) is 0 Å². The molecule has 0 radical (unpaired) electrons. The number of hydrogen-bond acceptors (Lipinski definition) is 3. The SMILES string of the molecule is CC[NH+]1CC2=C(OC(N)=C(C#N)[C@@H]2c2ccccc2)/C(=C\c2ccccc2)C1. The van der Waals surface area contributed by atoms with Crippen LogP contribution >= 0.6 is 0 Å². The van der Waals surface area contributed by atoms with Crippen LogP contribution in [0.1, 0.15) is 24.0 Å². The lowest BCUT2D eigenvalue weighted by Gasteiger charge is -2.35. The molecule has 0 aliphatic carbocycles. The molecule has 0 fully saturated rings. The second-order valence-electron chi connectivity index (χ2n) is 7.23. The summed E-state index contributed by atoms with van der Waals surface area (Å²) in [5, 5.41) is 9.80. The minimum atomic E-state index is -0.157. The third-order valence-corrected chi connectivity index (χ3v) is 5.47. The van der Waals surface area contributed by atoms with E-state index in [1.165, 1.54) is 4.90 Å². The Bertz CT molecular complexity index is 997. The van der Waals surface area contributed by atoms with Gasteiger partial charge >= 0.3 is 0 Å². The molecule has 2 aliphatic rings. The molecule has 0 saturated heterocycles. The van der Waals surface area contributed by atoms with Crippen LogP contribution < -0.4 is 10.6 Å². The van der Waals surface area contributed by atoms with Crippen molar-refractivity contribution in [3.8, 4) is 6.07 Å². The van der Waals surface area contributed by atoms with Gasteiger partial charge in [-0.05, 0) is 24.1 Å². The molecule has 0 amide bonds. The molecule has 28 heavy (non-hydrogen) atoms. The summed E-state index contributed by atoms with van der Waals surface area (Å²) < 4.78 is 6.06. The Morgan fingerprint density at radius 1 is 1.11 bits per heavy atom. The van der Waals surface area contributed by atoms with E-state index in [2.05, 4.69) is 43.3 Å². The zero-order chi connectivity index (χ0) is 19.5. The Morgan fingerprint density at radius 2 is 1.79 bits per heavy atom. The van der Waals surface area contributed by atoms with Crippen LogP contribution in [0.3, 0.4) is 0 Å². The van der Waals surface area contributed by atoms with Gasteiger partial charge in [-0.25, -0.2) is 0 Å². The number of benzene rings is 2. The molecule has 2 aromatic rings. The van der Waals surface area contributed by atoms with E-state index in [1.54, 1.807) is 0 Å². The van der Waals surface area contributed by atoms with Gasteiger partial charge in [0.1, 0.15) is 30.5 Å². The highest BCUT2D eigenvalue weighted by atomic mass is 16.5. The van der Waals surface area contributed by atoms with E-state index in [9.17, 15) is 5.26 Å². The molecule has 4 rings (SSSR count). The van der Waals surface area contributed by atoms with Crippen LogP contribution in [-0.2, 0) is 4.74 Å². The van der Waals surface area contributed by atoms with Crippen molar-refractivity contribution in [1.82, 2.24) is 0 Å². The van der Waals surface area contributed by atoms with Gasteiger partial charge < -0.3 is 15.4 Å². The van der Waals surface area contributed by atoms with E-state index in [0.717, 1.165) is 47.7 Å². The number of nitrogens with one attached hydrogen (secondary N) is 1. The number of allylic oxidation sites excluding steroid dienone is 1. The number of nitrogens with zero attached hydrogens (tertiary/aromatic N) is 1. The zero-order valence-corrected chi connectivity index (χ0v) is 16.0. The fourth-order valence-electron chi connectivity index (χ4n) is 4.06. The predicted molar refractivity (Wildman–Crippen MR) is 110 cm³/mol. The van der Waals surface area contributed by atoms with E-state index < -0.39 is 0 Å². The van der Waals surface area contributed by atoms with E-state index >= 15 is 0 Å². The summed E-state index contributed by atoms with van der Waals surface area (Å²) in [6.45, 7) is 4.92. The molecule has 4 nitrogen and oxygen atoms in total. The van der Waals surface area contributed by atoms with Crippen LogP contribution in [0, 0.1) is 11.3 Å². The molecule has 3 N–H and O–H groups in total. The second kappa shape index (κ2) is 7.75. The molecule has 0 aromatic heterocycles. The lowest BCUT2D eigenvalue weighted by Crippen LogP contribution is -3.12. The fourth-order valence-corrected chi connectivity index (χ4v) is 4.06. The zero-order valence-electron chi connectivity index (χ0n) is 16.0. The summed E-state index contributed by atoms with van der Waals surface area (Å²) in [6.07, 6.45) is 2.18. The minimum Gasteiger partial charge on any atom is -0.440 e. The lowest BCUT2D eigenvalue weighted by molar-refractivity contribution is -0.890. The van der Waals surface area contributed by atoms with Crippen molar-refractivity contribution < 1.29 is 9.64 Å². The number of ether oxygens (including phenoxy) is 1. The van der Waals surface area contributed by atoms with Crippen molar-refractivity contribution >= 4 is 6.08 Å². The van der Waals surface area contributed by atoms with Crippen molar-refractivity contribution in [2.45, 2.75) is 12.8 Å². The average molecular weight is 370 g/mol. The Balaban J connectivity index is 1.87. The monoisotopic (exact) mass is 370 g/mol. The predicted octanol–water partition coefficient (Wildman–Crippen LogP) is 2.75. The van der Waals surface area contributed by atoms with Gasteiger partial charge in [0.2, 0.25) is 5.88 Å². The number of likely N-dealkylation sites (N-methyl/N-ethyl adjacent to an activating group) is 1. The third kappa shape index (κ3) is 3.33. The van der Waals surface area contributed by atoms with Gasteiger partial charge in [0.15, 0.2) is 0 Å². The Morgan fingerprint density at radius 3 is 2.43 bits per heavy atom. The molecule has 140 valence electrons. The van der Waals surface area contributed by atoms with Crippen LogP contribution in [0.5, 0.6) is 0 Å². The summed E-state index contributed by atoms with van der Waals surface area (Å²) >= 11 is 0. The van der Waals surface area contributed by atoms with E-state index in [-0.39, 0.29) is 11.8 Å². The first-order chi connectivity index (χ1) is 13.7. The maximum Gasteiger partial charge on any atom is 0.205 e. The first-order valence-corrected chi connectivity index (χ1v) is 9.66. The van der Waals surface area contributed by atoms with E-state index in [4.69, 9.17) is 10.5 Å². The normalized spacial score (nSPS) is 23.2. The van der Waals surface area contributed by atoms with Gasteiger partial charge in [0.05, 0.1) is 12.5 Å². The molecular weight excluding hydrogens is 346 g/mol. The quantitative estimate of drug-likeness (QED) is 0.873. The van der Waals surface area contributed by atoms with E-state index in [0.29, 0.717) is 5.57 Å². The van der Waals surface area contributed by atoms with Gasteiger partial charge in [-0.1, -0.05) is 60.7 Å². The van der Waals surface area contributed by atoms with Gasteiger partial charge in [-0.15, -0.1) is 0 Å². The Hall–Kier alpha value is -3.29. The molecular formula is C24H24N3O+. The average Bonchev–Trinajstić information content (AvgIpc) is 2.74. The van der Waals surface area contributed by atoms with E-state index in [1.807, 2.05) is 36.4 Å². The highest BCUT2D eigenvalue weighted by Crippen LogP contribution is 2.41. The van der Waals surface area contributed by atoms with Crippen molar-refractivity contribution in [3.05, 3.63) is 100 Å². The molecule has 0 saturated carbocycles. The maximum absolute atomic E-state index is 9.80. The van der Waals surface area contributed by atoms with Crippen LogP contribution in [0.4, 0.5) is 0 Å². The summed E-state index contributed by atoms with van der Waals surface area (Å²) in [6, 6.07) is 22.7. The molecule has 2 aliphatic heterocycles. The molecule has 2 aromatic carbocycles. The summed E-state index contributed by atoms with van der Waals surface area (Å²) in [4.78, 5) is 1.45. The molecule has 2 atom stereocenters. The first kappa shape index (κ1) is 18.1. The third-order valence-electron chi connectivity index (χ3n) is 5.47. The van der Waals surface area contributed by atoms with Gasteiger partial charge in [0, 0.05) is 11.1 Å². The van der Waals surface area contributed by atoms with Crippen molar-refractivity contribution in [1.29, 1.82) is 5.26 Å². The number of rotatable bonds is 3. The van der Waals surface area contributed by atoms with Crippen LogP contribution in [0.25, 0.3) is 6.08 Å². The molecule has 0 bridgehead atoms. The summed E-state index contributed by atoms with van der Waals surface area (Å²) in [5.41, 5.74) is 11.2. The number of hydrogen-bond donors (Lipinski definition) is 2. The second-order valence-corrected chi connectivity index (χ2v) is 7.23. The number of nitriles is 1. The minimum absolute atomic E-state index is 0.157. The maximum atomic E-state index is 9.80. The largest absolute Gasteiger partial charge is 0.440 e. The van der Waals surface area contributed by atoms with Crippen LogP contribution in [0.15, 0.2) is 89.0 Å². The van der Waals surface area contributed by atoms with Crippen LogP contribution in [0.2, 0.25) is 0 Å². The number of quaternary nitrogens is 1. The van der Waals surface area contributed by atoms with Crippen molar-refractivity contribution in [2.24, 2.45) is 5.73 Å². The topological polar surface area (TPSA) is 63.5 Å². The fraction of sp³-hybridized carbons (Fsp3) is 0.208. The standard InChI is InChI=1S/C24H23N3O/c1-2-27-15-19(13-17-9-5-3-6-10-17)23-21(16-27)22(18-11-7-4-8-12-18)20(14-25)24(26)28-23/h3-13,22H,2,15-16,26H2,1H3/p+1/b19-13-/t22-/m0/s1. The van der Waals surface area contributed by atoms with Crippen molar-refractivity contribution in [2.75, 3.05) is 19.6 Å². The summed E-state index contributed by atoms with van der Waals surface area (Å²) in [5.74, 6) is 0.899. The van der Waals surface area contributed by atoms with Gasteiger partial charge in [-0.2, -0.15) is 5.26 Å². The molecule has 2 heterocycles. The van der Waals surface area contributed by atoms with Gasteiger partial charge in [-0.3, -0.25) is 0 Å². The Labute approximate surface area is 165 Å². The molecule has 1 unspecified atom stereocenters. The van der Waals surface area contributed by atoms with Crippen LogP contribution in [-0.4, -0.2) is 19.6 Å². The summed E-state index contributed by atoms with van der Waals surface area (Å²) in [7, 11) is 0. The van der Waals surface area contributed by atoms with Crippen molar-refractivity contribution in [3.63, 3.8) is 0 Å². The Kier molecular flexibility index (Phi) is 5.01. The highest BCUT2D eigenvalue weighted by Gasteiger charge is 2.39.